The Morgan fingerprint density at radius 2 is 2.38 bits per heavy atom. The molecule has 0 saturated carbocycles. The molecule has 0 aromatic heterocycles. The second-order valence-corrected chi connectivity index (χ2v) is 3.73. The number of hydrogen-bond donors (Lipinski definition) is 2. The van der Waals surface area contributed by atoms with Crippen molar-refractivity contribution in [3.05, 3.63) is 29.3 Å². The van der Waals surface area contributed by atoms with E-state index in [1.165, 1.54) is 16.8 Å². The second-order valence-electron chi connectivity index (χ2n) is 3.73. The van der Waals surface area contributed by atoms with E-state index in [9.17, 15) is 0 Å². The number of fused-ring (bicyclic) bond motifs is 1. The lowest BCUT2D eigenvalue weighted by molar-refractivity contribution is 0.828. The smallest absolute Gasteiger partial charge is 0.0378 e. The molecule has 0 aliphatic carbocycles. The Morgan fingerprint density at radius 1 is 1.54 bits per heavy atom. The maximum Gasteiger partial charge on any atom is 0.0378 e. The molecule has 1 aliphatic rings. The van der Waals surface area contributed by atoms with Crippen LogP contribution in [0.3, 0.4) is 0 Å². The van der Waals surface area contributed by atoms with Crippen molar-refractivity contribution >= 4 is 5.69 Å². The van der Waals surface area contributed by atoms with Gasteiger partial charge in [-0.2, -0.15) is 0 Å². The summed E-state index contributed by atoms with van der Waals surface area (Å²) in [7, 11) is 0. The van der Waals surface area contributed by atoms with Crippen LogP contribution in [-0.2, 0) is 12.8 Å². The molecule has 0 saturated heterocycles. The molecule has 1 aliphatic heterocycles. The van der Waals surface area contributed by atoms with Crippen molar-refractivity contribution in [1.29, 1.82) is 0 Å². The standard InChI is InChI=1S/C11H16N2/c1-8-7-10-9(5-6-12)3-2-4-11(10)13-8/h2-4,8,13H,5-7,12H2,1H3. The lowest BCUT2D eigenvalue weighted by Gasteiger charge is -2.05. The first-order chi connectivity index (χ1) is 6.31. The van der Waals surface area contributed by atoms with Crippen molar-refractivity contribution < 1.29 is 0 Å². The van der Waals surface area contributed by atoms with Crippen molar-refractivity contribution in [3.8, 4) is 0 Å². The number of hydrogen-bond acceptors (Lipinski definition) is 2. The van der Waals surface area contributed by atoms with Crippen LogP contribution in [0.2, 0.25) is 0 Å². The maximum absolute atomic E-state index is 5.57. The molecule has 0 spiro atoms. The summed E-state index contributed by atoms with van der Waals surface area (Å²) < 4.78 is 0. The van der Waals surface area contributed by atoms with Crippen molar-refractivity contribution in [2.75, 3.05) is 11.9 Å². The highest BCUT2D eigenvalue weighted by Crippen LogP contribution is 2.28. The minimum Gasteiger partial charge on any atom is -0.382 e. The molecule has 1 unspecified atom stereocenters. The summed E-state index contributed by atoms with van der Waals surface area (Å²) in [4.78, 5) is 0. The summed E-state index contributed by atoms with van der Waals surface area (Å²) in [6, 6.07) is 7.02. The number of nitrogens with one attached hydrogen (secondary N) is 1. The fraction of sp³-hybridized carbons (Fsp3) is 0.455. The molecule has 1 heterocycles. The van der Waals surface area contributed by atoms with E-state index >= 15 is 0 Å². The van der Waals surface area contributed by atoms with Crippen LogP contribution < -0.4 is 11.1 Å². The number of rotatable bonds is 2. The van der Waals surface area contributed by atoms with E-state index in [0.717, 1.165) is 19.4 Å². The van der Waals surface area contributed by atoms with Gasteiger partial charge in [-0.25, -0.2) is 0 Å². The van der Waals surface area contributed by atoms with E-state index in [4.69, 9.17) is 5.73 Å². The van der Waals surface area contributed by atoms with E-state index in [-0.39, 0.29) is 0 Å². The third kappa shape index (κ3) is 1.54. The third-order valence-electron chi connectivity index (χ3n) is 2.60. The minimum absolute atomic E-state index is 0.578. The van der Waals surface area contributed by atoms with E-state index in [0.29, 0.717) is 6.04 Å². The predicted molar refractivity (Wildman–Crippen MR) is 56.0 cm³/mol. The van der Waals surface area contributed by atoms with Gasteiger partial charge in [0.15, 0.2) is 0 Å². The van der Waals surface area contributed by atoms with Gasteiger partial charge < -0.3 is 11.1 Å². The van der Waals surface area contributed by atoms with Crippen LogP contribution in [0.4, 0.5) is 5.69 Å². The summed E-state index contributed by atoms with van der Waals surface area (Å²) in [6.07, 6.45) is 2.14. The van der Waals surface area contributed by atoms with Gasteiger partial charge in [-0.05, 0) is 43.5 Å². The maximum atomic E-state index is 5.57. The zero-order valence-electron chi connectivity index (χ0n) is 8.01. The summed E-state index contributed by atoms with van der Waals surface area (Å²) in [5, 5.41) is 3.46. The zero-order chi connectivity index (χ0) is 9.26. The molecule has 0 radical (unpaired) electrons. The minimum atomic E-state index is 0.578. The summed E-state index contributed by atoms with van der Waals surface area (Å²) in [5.41, 5.74) is 9.76. The first-order valence-electron chi connectivity index (χ1n) is 4.88. The van der Waals surface area contributed by atoms with Crippen LogP contribution in [0.5, 0.6) is 0 Å². The van der Waals surface area contributed by atoms with Crippen LogP contribution >= 0.6 is 0 Å². The van der Waals surface area contributed by atoms with E-state index in [2.05, 4.69) is 30.4 Å². The lowest BCUT2D eigenvalue weighted by atomic mass is 10.0. The van der Waals surface area contributed by atoms with Gasteiger partial charge in [0.2, 0.25) is 0 Å². The van der Waals surface area contributed by atoms with E-state index in [1.54, 1.807) is 0 Å². The Morgan fingerprint density at radius 3 is 3.15 bits per heavy atom. The van der Waals surface area contributed by atoms with Crippen LogP contribution in [0, 0.1) is 0 Å². The van der Waals surface area contributed by atoms with Gasteiger partial charge >= 0.3 is 0 Å². The van der Waals surface area contributed by atoms with E-state index in [1.807, 2.05) is 0 Å². The number of benzene rings is 1. The van der Waals surface area contributed by atoms with Crippen molar-refractivity contribution in [2.45, 2.75) is 25.8 Å². The Labute approximate surface area is 79.1 Å². The van der Waals surface area contributed by atoms with Crippen LogP contribution in [0.1, 0.15) is 18.1 Å². The molecule has 1 aromatic carbocycles. The van der Waals surface area contributed by atoms with E-state index < -0.39 is 0 Å². The summed E-state index contributed by atoms with van der Waals surface area (Å²) in [5.74, 6) is 0. The van der Waals surface area contributed by atoms with Gasteiger partial charge in [-0.1, -0.05) is 12.1 Å². The molecule has 1 aromatic rings. The highest BCUT2D eigenvalue weighted by atomic mass is 14.9. The van der Waals surface area contributed by atoms with Gasteiger partial charge in [-0.3, -0.25) is 0 Å². The topological polar surface area (TPSA) is 38.0 Å². The van der Waals surface area contributed by atoms with Crippen LogP contribution in [-0.4, -0.2) is 12.6 Å². The van der Waals surface area contributed by atoms with Gasteiger partial charge in [-0.15, -0.1) is 0 Å². The SMILES string of the molecule is CC1Cc2c(CCN)cccc2N1. The molecule has 70 valence electrons. The third-order valence-corrected chi connectivity index (χ3v) is 2.60. The molecule has 2 nitrogen and oxygen atoms in total. The predicted octanol–water partition coefficient (Wildman–Crippen LogP) is 1.54. The van der Waals surface area contributed by atoms with Gasteiger partial charge in [0.1, 0.15) is 0 Å². The van der Waals surface area contributed by atoms with Gasteiger partial charge in [0.05, 0.1) is 0 Å². The quantitative estimate of drug-likeness (QED) is 0.717. The van der Waals surface area contributed by atoms with Crippen LogP contribution in [0.25, 0.3) is 0 Å². The Kier molecular flexibility index (Phi) is 2.23. The average molecular weight is 176 g/mol. The fourth-order valence-electron chi connectivity index (χ4n) is 2.02. The first-order valence-corrected chi connectivity index (χ1v) is 4.88. The van der Waals surface area contributed by atoms with Gasteiger partial charge in [0, 0.05) is 11.7 Å². The van der Waals surface area contributed by atoms with Crippen LogP contribution in [0.15, 0.2) is 18.2 Å². The lowest BCUT2D eigenvalue weighted by Crippen LogP contribution is -2.08. The first kappa shape index (κ1) is 8.57. The summed E-state index contributed by atoms with van der Waals surface area (Å²) in [6.45, 7) is 2.96. The molecular formula is C11H16N2. The van der Waals surface area contributed by atoms with Crippen molar-refractivity contribution in [3.63, 3.8) is 0 Å². The Hall–Kier alpha value is -1.02. The largest absolute Gasteiger partial charge is 0.382 e. The fourth-order valence-corrected chi connectivity index (χ4v) is 2.02. The monoisotopic (exact) mass is 176 g/mol. The normalized spacial score (nSPS) is 19.7. The molecule has 13 heavy (non-hydrogen) atoms. The molecule has 0 bridgehead atoms. The molecule has 0 amide bonds. The van der Waals surface area contributed by atoms with Crippen molar-refractivity contribution in [1.82, 2.24) is 0 Å². The summed E-state index contributed by atoms with van der Waals surface area (Å²) >= 11 is 0. The molecule has 3 N–H and O–H groups in total. The zero-order valence-corrected chi connectivity index (χ0v) is 8.01. The van der Waals surface area contributed by atoms with Crippen molar-refractivity contribution in [2.24, 2.45) is 5.73 Å². The number of nitrogens with two attached hydrogens (primary N) is 1. The highest BCUT2D eigenvalue weighted by molar-refractivity contribution is 5.59. The molecule has 2 heteroatoms. The van der Waals surface area contributed by atoms with Gasteiger partial charge in [0.25, 0.3) is 0 Å². The Bertz CT molecular complexity index is 307. The molecule has 0 fully saturated rings. The number of anilines is 1. The molecule has 2 rings (SSSR count). The average Bonchev–Trinajstić information content (AvgIpc) is 2.47. The Balaban J connectivity index is 2.34. The second kappa shape index (κ2) is 3.38. The molecular weight excluding hydrogens is 160 g/mol. The molecule has 1 atom stereocenters. The highest BCUT2D eigenvalue weighted by Gasteiger charge is 2.18.